The molecule has 0 fully saturated rings. The summed E-state index contributed by atoms with van der Waals surface area (Å²) in [5.41, 5.74) is 9.54. The highest BCUT2D eigenvalue weighted by Gasteiger charge is 2.05. The number of rotatable bonds is 4. The van der Waals surface area contributed by atoms with E-state index in [1.165, 1.54) is 11.1 Å². The number of hydrogen-bond donors (Lipinski definition) is 2. The first-order valence-corrected chi connectivity index (χ1v) is 7.25. The van der Waals surface area contributed by atoms with E-state index in [0.717, 1.165) is 16.6 Å². The zero-order valence-corrected chi connectivity index (χ0v) is 12.9. The topological polar surface area (TPSA) is 55.1 Å². The van der Waals surface area contributed by atoms with Gasteiger partial charge in [0.05, 0.1) is 0 Å². The zero-order chi connectivity index (χ0) is 14.5. The van der Waals surface area contributed by atoms with Crippen LogP contribution < -0.4 is 11.1 Å². The summed E-state index contributed by atoms with van der Waals surface area (Å²) >= 11 is 3.34. The number of nitrogen functional groups attached to an aromatic ring is 1. The van der Waals surface area contributed by atoms with Gasteiger partial charge in [0.2, 0.25) is 5.91 Å². The van der Waals surface area contributed by atoms with E-state index in [1.807, 2.05) is 12.1 Å². The lowest BCUT2D eigenvalue weighted by molar-refractivity contribution is -0.116. The van der Waals surface area contributed by atoms with Crippen molar-refractivity contribution in [3.63, 3.8) is 0 Å². The van der Waals surface area contributed by atoms with E-state index in [0.29, 0.717) is 12.1 Å². The summed E-state index contributed by atoms with van der Waals surface area (Å²) in [4.78, 5) is 11.9. The number of nitrogens with two attached hydrogens (primary N) is 1. The second kappa shape index (κ2) is 6.57. The maximum atomic E-state index is 11.9. The quantitative estimate of drug-likeness (QED) is 0.834. The van der Waals surface area contributed by atoms with E-state index >= 15 is 0 Å². The van der Waals surface area contributed by atoms with Gasteiger partial charge in [-0.3, -0.25) is 4.79 Å². The van der Waals surface area contributed by atoms with Crippen molar-refractivity contribution in [2.45, 2.75) is 19.8 Å². The second-order valence-electron chi connectivity index (χ2n) is 4.71. The molecule has 0 saturated heterocycles. The minimum Gasteiger partial charge on any atom is -0.398 e. The fourth-order valence-electron chi connectivity index (χ4n) is 1.97. The molecule has 0 aliphatic carbocycles. The van der Waals surface area contributed by atoms with Crippen molar-refractivity contribution in [2.75, 3.05) is 11.1 Å². The molecule has 2 aromatic carbocycles. The third-order valence-electron chi connectivity index (χ3n) is 3.17. The average molecular weight is 333 g/mol. The van der Waals surface area contributed by atoms with Gasteiger partial charge in [-0.25, -0.2) is 0 Å². The van der Waals surface area contributed by atoms with E-state index in [1.54, 1.807) is 18.2 Å². The molecule has 0 spiro atoms. The van der Waals surface area contributed by atoms with Crippen LogP contribution >= 0.6 is 15.9 Å². The Bertz CT molecular complexity index is 626. The van der Waals surface area contributed by atoms with Crippen LogP contribution in [-0.4, -0.2) is 5.91 Å². The fourth-order valence-corrected chi connectivity index (χ4v) is 2.35. The van der Waals surface area contributed by atoms with Gasteiger partial charge < -0.3 is 11.1 Å². The lowest BCUT2D eigenvalue weighted by Crippen LogP contribution is -2.12. The smallest absolute Gasteiger partial charge is 0.224 e. The number of anilines is 2. The van der Waals surface area contributed by atoms with Gasteiger partial charge in [-0.15, -0.1) is 0 Å². The third kappa shape index (κ3) is 3.84. The maximum Gasteiger partial charge on any atom is 0.224 e. The Morgan fingerprint density at radius 2 is 2.00 bits per heavy atom. The normalized spacial score (nSPS) is 10.3. The van der Waals surface area contributed by atoms with Crippen molar-refractivity contribution in [3.05, 3.63) is 58.1 Å². The number of halogens is 1. The van der Waals surface area contributed by atoms with Crippen molar-refractivity contribution in [1.29, 1.82) is 0 Å². The number of aryl methyl sites for hydroxylation is 2. The summed E-state index contributed by atoms with van der Waals surface area (Å²) in [5, 5.41) is 2.88. The third-order valence-corrected chi connectivity index (χ3v) is 3.85. The minimum absolute atomic E-state index is 0.00456. The summed E-state index contributed by atoms with van der Waals surface area (Å²) in [5.74, 6) is 0.00456. The molecular formula is C16H17BrN2O. The van der Waals surface area contributed by atoms with Crippen molar-refractivity contribution in [1.82, 2.24) is 0 Å². The molecule has 0 bridgehead atoms. The van der Waals surface area contributed by atoms with E-state index in [4.69, 9.17) is 5.73 Å². The highest BCUT2D eigenvalue weighted by atomic mass is 79.9. The number of amides is 1. The molecule has 0 unspecified atom stereocenters. The summed E-state index contributed by atoms with van der Waals surface area (Å²) in [6.45, 7) is 2.06. The molecule has 1 amide bonds. The highest BCUT2D eigenvalue weighted by molar-refractivity contribution is 9.10. The summed E-state index contributed by atoms with van der Waals surface area (Å²) < 4.78 is 0.786. The minimum atomic E-state index is 0.00456. The highest BCUT2D eigenvalue weighted by Crippen LogP contribution is 2.23. The van der Waals surface area contributed by atoms with Crippen LogP contribution in [0.4, 0.5) is 11.4 Å². The van der Waals surface area contributed by atoms with Gasteiger partial charge in [-0.05, 0) is 58.6 Å². The van der Waals surface area contributed by atoms with E-state index in [-0.39, 0.29) is 5.91 Å². The Hall–Kier alpha value is -1.81. The monoisotopic (exact) mass is 332 g/mol. The molecule has 0 aliphatic heterocycles. The predicted molar refractivity (Wildman–Crippen MR) is 86.7 cm³/mol. The number of carbonyl (C=O) groups excluding carboxylic acids is 1. The molecule has 0 radical (unpaired) electrons. The van der Waals surface area contributed by atoms with Gasteiger partial charge in [-0.1, -0.05) is 24.3 Å². The maximum absolute atomic E-state index is 11.9. The first-order chi connectivity index (χ1) is 9.56. The van der Waals surface area contributed by atoms with Gasteiger partial charge in [0, 0.05) is 22.3 Å². The van der Waals surface area contributed by atoms with Gasteiger partial charge in [-0.2, -0.15) is 0 Å². The number of nitrogens with one attached hydrogen (secondary N) is 1. The predicted octanol–water partition coefficient (Wildman–Crippen LogP) is 3.91. The molecule has 0 atom stereocenters. The Morgan fingerprint density at radius 3 is 2.70 bits per heavy atom. The lowest BCUT2D eigenvalue weighted by Gasteiger charge is -2.08. The zero-order valence-electron chi connectivity index (χ0n) is 11.3. The Labute approximate surface area is 127 Å². The van der Waals surface area contributed by atoms with Crippen molar-refractivity contribution in [2.24, 2.45) is 0 Å². The van der Waals surface area contributed by atoms with E-state index in [9.17, 15) is 4.79 Å². The van der Waals surface area contributed by atoms with Crippen molar-refractivity contribution in [3.8, 4) is 0 Å². The van der Waals surface area contributed by atoms with Crippen molar-refractivity contribution >= 4 is 33.2 Å². The summed E-state index contributed by atoms with van der Waals surface area (Å²) in [6, 6.07) is 13.5. The van der Waals surface area contributed by atoms with Gasteiger partial charge in [0.25, 0.3) is 0 Å². The summed E-state index contributed by atoms with van der Waals surface area (Å²) in [6.07, 6.45) is 1.21. The first-order valence-electron chi connectivity index (χ1n) is 6.45. The Morgan fingerprint density at radius 1 is 1.25 bits per heavy atom. The molecule has 2 aromatic rings. The van der Waals surface area contributed by atoms with Crippen LogP contribution in [0.25, 0.3) is 0 Å². The van der Waals surface area contributed by atoms with E-state index < -0.39 is 0 Å². The number of hydrogen-bond acceptors (Lipinski definition) is 2. The molecule has 104 valence electrons. The molecule has 2 rings (SSSR count). The summed E-state index contributed by atoms with van der Waals surface area (Å²) in [7, 11) is 0. The fraction of sp³-hybridized carbons (Fsp3) is 0.188. The molecule has 20 heavy (non-hydrogen) atoms. The molecule has 0 aromatic heterocycles. The molecule has 3 nitrogen and oxygen atoms in total. The molecular weight excluding hydrogens is 316 g/mol. The molecule has 3 N–H and O–H groups in total. The molecule has 0 heterocycles. The van der Waals surface area contributed by atoms with Crippen LogP contribution in [0.1, 0.15) is 17.5 Å². The second-order valence-corrected chi connectivity index (χ2v) is 5.57. The van der Waals surface area contributed by atoms with Crippen LogP contribution in [-0.2, 0) is 11.2 Å². The molecule has 4 heteroatoms. The van der Waals surface area contributed by atoms with E-state index in [2.05, 4.69) is 40.3 Å². The van der Waals surface area contributed by atoms with Gasteiger partial charge >= 0.3 is 0 Å². The standard InChI is InChI=1S/C16H17BrN2O/c1-11-4-2-3-5-12(11)6-9-16(20)19-13-7-8-15(18)14(17)10-13/h2-5,7-8,10H,6,9,18H2,1H3,(H,19,20). The Kier molecular flexibility index (Phi) is 4.79. The van der Waals surface area contributed by atoms with Crippen molar-refractivity contribution < 1.29 is 4.79 Å². The SMILES string of the molecule is Cc1ccccc1CCC(=O)Nc1ccc(N)c(Br)c1. The molecule has 0 saturated carbocycles. The van der Waals surface area contributed by atoms with Crippen LogP contribution in [0.2, 0.25) is 0 Å². The number of benzene rings is 2. The molecule has 0 aliphatic rings. The first kappa shape index (κ1) is 14.6. The van der Waals surface area contributed by atoms with Crippen LogP contribution in [0, 0.1) is 6.92 Å². The Balaban J connectivity index is 1.93. The largest absolute Gasteiger partial charge is 0.398 e. The van der Waals surface area contributed by atoms with Gasteiger partial charge in [0.15, 0.2) is 0 Å². The van der Waals surface area contributed by atoms with Gasteiger partial charge in [0.1, 0.15) is 0 Å². The average Bonchev–Trinajstić information content (AvgIpc) is 2.42. The lowest BCUT2D eigenvalue weighted by atomic mass is 10.0. The van der Waals surface area contributed by atoms with Crippen LogP contribution in [0.5, 0.6) is 0 Å². The number of carbonyl (C=O) groups is 1. The van der Waals surface area contributed by atoms with Crippen LogP contribution in [0.3, 0.4) is 0 Å². The van der Waals surface area contributed by atoms with Crippen LogP contribution in [0.15, 0.2) is 46.9 Å².